The first-order chi connectivity index (χ1) is 9.19. The molecule has 0 radical (unpaired) electrons. The number of benzene rings is 1. The quantitative estimate of drug-likeness (QED) is 0.789. The topological polar surface area (TPSA) is 66.0 Å². The first kappa shape index (κ1) is 12.0. The van der Waals surface area contributed by atoms with Gasteiger partial charge in [0.25, 0.3) is 0 Å². The third-order valence-electron chi connectivity index (χ3n) is 2.83. The van der Waals surface area contributed by atoms with E-state index in [1.165, 1.54) is 0 Å². The standard InChI is InChI=1S/C13H11BrN4O/c1-19-10-4-2-9(3-5-10)18-13-11(12(15)17-18)6-8(14)7-16-13/h2-7H,1H3,(H2,15,17). The highest BCUT2D eigenvalue weighted by molar-refractivity contribution is 9.10. The van der Waals surface area contributed by atoms with E-state index >= 15 is 0 Å². The SMILES string of the molecule is COc1ccc(-n2nc(N)c3cc(Br)cnc32)cc1. The maximum Gasteiger partial charge on any atom is 0.165 e. The Hall–Kier alpha value is -2.08. The Morgan fingerprint density at radius 2 is 2.00 bits per heavy atom. The number of hydrogen-bond acceptors (Lipinski definition) is 4. The number of nitrogens with zero attached hydrogens (tertiary/aromatic N) is 3. The highest BCUT2D eigenvalue weighted by Crippen LogP contribution is 2.25. The van der Waals surface area contributed by atoms with Crippen LogP contribution < -0.4 is 10.5 Å². The van der Waals surface area contributed by atoms with Gasteiger partial charge in [-0.2, -0.15) is 0 Å². The van der Waals surface area contributed by atoms with Crippen molar-refractivity contribution in [1.82, 2.24) is 14.8 Å². The normalized spacial score (nSPS) is 10.8. The highest BCUT2D eigenvalue weighted by Gasteiger charge is 2.11. The van der Waals surface area contributed by atoms with E-state index in [4.69, 9.17) is 10.5 Å². The van der Waals surface area contributed by atoms with E-state index in [-0.39, 0.29) is 0 Å². The van der Waals surface area contributed by atoms with Crippen LogP contribution in [0.15, 0.2) is 41.0 Å². The van der Waals surface area contributed by atoms with Crippen LogP contribution in [0, 0.1) is 0 Å². The number of aromatic nitrogens is 3. The van der Waals surface area contributed by atoms with Crippen molar-refractivity contribution in [3.8, 4) is 11.4 Å². The first-order valence-corrected chi connectivity index (χ1v) is 6.42. The molecule has 2 N–H and O–H groups in total. The number of anilines is 1. The van der Waals surface area contributed by atoms with Crippen LogP contribution in [0.5, 0.6) is 5.75 Å². The van der Waals surface area contributed by atoms with Gasteiger partial charge in [-0.3, -0.25) is 0 Å². The summed E-state index contributed by atoms with van der Waals surface area (Å²) in [6, 6.07) is 9.48. The maximum absolute atomic E-state index is 5.92. The van der Waals surface area contributed by atoms with Gasteiger partial charge in [-0.1, -0.05) is 0 Å². The van der Waals surface area contributed by atoms with Gasteiger partial charge in [0, 0.05) is 10.7 Å². The molecule has 5 nitrogen and oxygen atoms in total. The maximum atomic E-state index is 5.92. The molecule has 0 fully saturated rings. The van der Waals surface area contributed by atoms with Crippen LogP contribution in [-0.4, -0.2) is 21.9 Å². The van der Waals surface area contributed by atoms with Gasteiger partial charge < -0.3 is 10.5 Å². The summed E-state index contributed by atoms with van der Waals surface area (Å²) in [5, 5.41) is 5.15. The molecule has 0 aliphatic heterocycles. The minimum Gasteiger partial charge on any atom is -0.497 e. The Morgan fingerprint density at radius 3 is 2.68 bits per heavy atom. The number of rotatable bonds is 2. The van der Waals surface area contributed by atoms with E-state index in [9.17, 15) is 0 Å². The Kier molecular flexibility index (Phi) is 2.87. The molecule has 2 aromatic heterocycles. The summed E-state index contributed by atoms with van der Waals surface area (Å²) >= 11 is 3.38. The third kappa shape index (κ3) is 2.04. The molecule has 0 atom stereocenters. The van der Waals surface area contributed by atoms with Crippen molar-refractivity contribution in [2.45, 2.75) is 0 Å². The molecule has 0 bridgehead atoms. The first-order valence-electron chi connectivity index (χ1n) is 5.63. The van der Waals surface area contributed by atoms with E-state index in [2.05, 4.69) is 26.0 Å². The lowest BCUT2D eigenvalue weighted by Gasteiger charge is -2.04. The summed E-state index contributed by atoms with van der Waals surface area (Å²) in [4.78, 5) is 4.36. The van der Waals surface area contributed by atoms with Crippen LogP contribution in [-0.2, 0) is 0 Å². The highest BCUT2D eigenvalue weighted by atomic mass is 79.9. The lowest BCUT2D eigenvalue weighted by atomic mass is 10.3. The largest absolute Gasteiger partial charge is 0.497 e. The molecular weight excluding hydrogens is 308 g/mol. The molecule has 19 heavy (non-hydrogen) atoms. The number of nitrogens with two attached hydrogens (primary N) is 1. The van der Waals surface area contributed by atoms with Crippen molar-refractivity contribution in [3.63, 3.8) is 0 Å². The minimum atomic E-state index is 0.458. The number of fused-ring (bicyclic) bond motifs is 1. The molecule has 0 spiro atoms. The molecule has 3 aromatic rings. The van der Waals surface area contributed by atoms with Crippen molar-refractivity contribution in [2.75, 3.05) is 12.8 Å². The zero-order chi connectivity index (χ0) is 13.4. The van der Waals surface area contributed by atoms with Gasteiger partial charge in [0.05, 0.1) is 18.2 Å². The summed E-state index contributed by atoms with van der Waals surface area (Å²) in [5.41, 5.74) is 7.54. The second kappa shape index (κ2) is 4.55. The summed E-state index contributed by atoms with van der Waals surface area (Å²) in [5.74, 6) is 1.25. The Bertz CT molecular complexity index is 736. The van der Waals surface area contributed by atoms with Gasteiger partial charge in [-0.05, 0) is 46.3 Å². The molecule has 6 heteroatoms. The molecule has 96 valence electrons. The van der Waals surface area contributed by atoms with Gasteiger partial charge in [0.1, 0.15) is 5.75 Å². The van der Waals surface area contributed by atoms with E-state index in [0.29, 0.717) is 5.82 Å². The van der Waals surface area contributed by atoms with Crippen LogP contribution in [0.25, 0.3) is 16.7 Å². The van der Waals surface area contributed by atoms with E-state index in [0.717, 1.165) is 26.9 Å². The fraction of sp³-hybridized carbons (Fsp3) is 0.0769. The molecule has 2 heterocycles. The molecule has 1 aromatic carbocycles. The average Bonchev–Trinajstić information content (AvgIpc) is 2.76. The molecule has 0 amide bonds. The lowest BCUT2D eigenvalue weighted by molar-refractivity contribution is 0.414. The predicted molar refractivity (Wildman–Crippen MR) is 77.5 cm³/mol. The summed E-state index contributed by atoms with van der Waals surface area (Å²) < 4.78 is 7.73. The smallest absolute Gasteiger partial charge is 0.165 e. The predicted octanol–water partition coefficient (Wildman–Crippen LogP) is 2.77. The Morgan fingerprint density at radius 1 is 1.26 bits per heavy atom. The summed E-state index contributed by atoms with van der Waals surface area (Å²) in [6.45, 7) is 0. The van der Waals surface area contributed by atoms with Gasteiger partial charge in [0.2, 0.25) is 0 Å². The van der Waals surface area contributed by atoms with Crippen molar-refractivity contribution in [3.05, 3.63) is 41.0 Å². The van der Waals surface area contributed by atoms with Gasteiger partial charge in [0.15, 0.2) is 11.5 Å². The fourth-order valence-corrected chi connectivity index (χ4v) is 2.23. The number of nitrogen functional groups attached to an aromatic ring is 1. The monoisotopic (exact) mass is 318 g/mol. The number of ether oxygens (including phenoxy) is 1. The molecule has 0 unspecified atom stereocenters. The van der Waals surface area contributed by atoms with Gasteiger partial charge in [-0.25, -0.2) is 9.67 Å². The zero-order valence-corrected chi connectivity index (χ0v) is 11.8. The molecule has 0 saturated heterocycles. The summed E-state index contributed by atoms with van der Waals surface area (Å²) in [7, 11) is 1.63. The molecule has 3 rings (SSSR count). The fourth-order valence-electron chi connectivity index (χ4n) is 1.90. The van der Waals surface area contributed by atoms with Crippen molar-refractivity contribution >= 4 is 32.8 Å². The molecule has 0 aliphatic rings. The minimum absolute atomic E-state index is 0.458. The number of methoxy groups -OCH3 is 1. The summed E-state index contributed by atoms with van der Waals surface area (Å²) in [6.07, 6.45) is 1.73. The number of hydrogen-bond donors (Lipinski definition) is 1. The number of halogens is 1. The molecular formula is C13H11BrN4O. The molecule has 0 saturated carbocycles. The van der Waals surface area contributed by atoms with Gasteiger partial charge >= 0.3 is 0 Å². The van der Waals surface area contributed by atoms with Crippen LogP contribution in [0.4, 0.5) is 5.82 Å². The second-order valence-corrected chi connectivity index (χ2v) is 4.94. The Labute approximate surface area is 118 Å². The van der Waals surface area contributed by atoms with Crippen molar-refractivity contribution < 1.29 is 4.74 Å². The third-order valence-corrected chi connectivity index (χ3v) is 3.27. The lowest BCUT2D eigenvalue weighted by Crippen LogP contribution is -1.98. The number of pyridine rings is 1. The molecule has 0 aliphatic carbocycles. The van der Waals surface area contributed by atoms with Crippen LogP contribution in [0.3, 0.4) is 0 Å². The van der Waals surface area contributed by atoms with Crippen LogP contribution in [0.2, 0.25) is 0 Å². The van der Waals surface area contributed by atoms with E-state index in [1.54, 1.807) is 18.0 Å². The second-order valence-electron chi connectivity index (χ2n) is 4.02. The van der Waals surface area contributed by atoms with Crippen LogP contribution >= 0.6 is 15.9 Å². The van der Waals surface area contributed by atoms with Crippen LogP contribution in [0.1, 0.15) is 0 Å². The van der Waals surface area contributed by atoms with Gasteiger partial charge in [-0.15, -0.1) is 5.10 Å². The zero-order valence-electron chi connectivity index (χ0n) is 10.2. The average molecular weight is 319 g/mol. The Balaban J connectivity index is 2.19. The van der Waals surface area contributed by atoms with Crippen molar-refractivity contribution in [1.29, 1.82) is 0 Å². The van der Waals surface area contributed by atoms with E-state index in [1.807, 2.05) is 30.3 Å². The van der Waals surface area contributed by atoms with Crippen molar-refractivity contribution in [2.24, 2.45) is 0 Å². The van der Waals surface area contributed by atoms with E-state index < -0.39 is 0 Å².